The molecule has 0 radical (unpaired) electrons. The predicted octanol–water partition coefficient (Wildman–Crippen LogP) is 1.09. The molecule has 13 heavy (non-hydrogen) atoms. The maximum absolute atomic E-state index is 10.9. The standard InChI is InChI=1S/C8H6ClN3O/c1-2-3-8(13)10-7-5-4-6(9)11-12-7/h4-5H,1H3,(H,10,12,13). The summed E-state index contributed by atoms with van der Waals surface area (Å²) in [5.74, 6) is 4.68. The average molecular weight is 196 g/mol. The van der Waals surface area contributed by atoms with E-state index >= 15 is 0 Å². The van der Waals surface area contributed by atoms with Gasteiger partial charge in [0.05, 0.1) is 0 Å². The highest BCUT2D eigenvalue weighted by Crippen LogP contribution is 2.05. The van der Waals surface area contributed by atoms with Gasteiger partial charge in [0.15, 0.2) is 11.0 Å². The minimum Gasteiger partial charge on any atom is -0.298 e. The highest BCUT2D eigenvalue weighted by molar-refractivity contribution is 6.29. The summed E-state index contributed by atoms with van der Waals surface area (Å²) >= 11 is 5.50. The summed E-state index contributed by atoms with van der Waals surface area (Å²) in [4.78, 5) is 10.9. The van der Waals surface area contributed by atoms with E-state index < -0.39 is 5.91 Å². The van der Waals surface area contributed by atoms with Crippen molar-refractivity contribution in [3.63, 3.8) is 0 Å². The minimum atomic E-state index is -0.417. The van der Waals surface area contributed by atoms with Gasteiger partial charge in [-0.3, -0.25) is 10.1 Å². The van der Waals surface area contributed by atoms with E-state index in [0.29, 0.717) is 5.82 Å². The van der Waals surface area contributed by atoms with Gasteiger partial charge in [-0.15, -0.1) is 10.2 Å². The van der Waals surface area contributed by atoms with Crippen LogP contribution in [0.1, 0.15) is 6.92 Å². The summed E-state index contributed by atoms with van der Waals surface area (Å²) in [6.45, 7) is 1.58. The van der Waals surface area contributed by atoms with E-state index in [1.54, 1.807) is 13.0 Å². The number of rotatable bonds is 1. The van der Waals surface area contributed by atoms with Gasteiger partial charge in [0, 0.05) is 0 Å². The minimum absolute atomic E-state index is 0.277. The third-order valence-electron chi connectivity index (χ3n) is 1.11. The zero-order valence-electron chi connectivity index (χ0n) is 6.84. The second-order valence-electron chi connectivity index (χ2n) is 2.07. The van der Waals surface area contributed by atoms with Crippen molar-refractivity contribution in [3.05, 3.63) is 17.3 Å². The average Bonchev–Trinajstić information content (AvgIpc) is 2.09. The van der Waals surface area contributed by atoms with E-state index in [9.17, 15) is 4.79 Å². The molecular formula is C8H6ClN3O. The Kier molecular flexibility index (Phi) is 3.23. The number of aromatic nitrogens is 2. The van der Waals surface area contributed by atoms with E-state index in [4.69, 9.17) is 11.6 Å². The Hall–Kier alpha value is -1.60. The Morgan fingerprint density at radius 3 is 2.85 bits per heavy atom. The van der Waals surface area contributed by atoms with E-state index in [0.717, 1.165) is 0 Å². The third-order valence-corrected chi connectivity index (χ3v) is 1.31. The van der Waals surface area contributed by atoms with Crippen LogP contribution in [0.15, 0.2) is 12.1 Å². The second-order valence-corrected chi connectivity index (χ2v) is 2.46. The van der Waals surface area contributed by atoms with Gasteiger partial charge in [0.1, 0.15) is 0 Å². The van der Waals surface area contributed by atoms with Gasteiger partial charge in [-0.1, -0.05) is 17.5 Å². The first-order valence-electron chi connectivity index (χ1n) is 3.45. The molecule has 5 heteroatoms. The molecule has 0 unspecified atom stereocenters. The first-order chi connectivity index (χ1) is 6.22. The number of anilines is 1. The number of nitrogens with zero attached hydrogens (tertiary/aromatic N) is 2. The van der Waals surface area contributed by atoms with Gasteiger partial charge < -0.3 is 0 Å². The normalized spacial score (nSPS) is 8.46. The molecule has 1 heterocycles. The van der Waals surface area contributed by atoms with Crippen molar-refractivity contribution >= 4 is 23.3 Å². The lowest BCUT2D eigenvalue weighted by Crippen LogP contribution is -2.10. The van der Waals surface area contributed by atoms with Crippen molar-refractivity contribution in [1.82, 2.24) is 10.2 Å². The van der Waals surface area contributed by atoms with Gasteiger partial charge in [0.2, 0.25) is 0 Å². The van der Waals surface area contributed by atoms with Crippen molar-refractivity contribution in [3.8, 4) is 11.8 Å². The molecule has 0 aromatic carbocycles. The maximum atomic E-state index is 10.9. The maximum Gasteiger partial charge on any atom is 0.301 e. The Labute approximate surface area is 80.3 Å². The molecule has 0 bridgehead atoms. The summed E-state index contributed by atoms with van der Waals surface area (Å²) in [6, 6.07) is 3.08. The fraction of sp³-hybridized carbons (Fsp3) is 0.125. The van der Waals surface area contributed by atoms with Crippen LogP contribution in [0.2, 0.25) is 5.15 Å². The van der Waals surface area contributed by atoms with Gasteiger partial charge >= 0.3 is 5.91 Å². The van der Waals surface area contributed by atoms with Crippen LogP contribution in [0, 0.1) is 11.8 Å². The molecule has 1 rings (SSSR count). The summed E-state index contributed by atoms with van der Waals surface area (Å²) < 4.78 is 0. The first kappa shape index (κ1) is 9.49. The fourth-order valence-corrected chi connectivity index (χ4v) is 0.745. The molecule has 0 aliphatic rings. The Bertz CT molecular complexity index is 363. The van der Waals surface area contributed by atoms with Gasteiger partial charge in [0.25, 0.3) is 0 Å². The molecule has 0 saturated carbocycles. The summed E-state index contributed by atoms with van der Waals surface area (Å²) in [5.41, 5.74) is 0. The van der Waals surface area contributed by atoms with Gasteiger partial charge in [-0.25, -0.2) is 0 Å². The number of halogens is 1. The summed E-state index contributed by atoms with van der Waals surface area (Å²) in [5, 5.41) is 9.87. The monoisotopic (exact) mass is 195 g/mol. The molecule has 1 aromatic rings. The summed E-state index contributed by atoms with van der Waals surface area (Å²) in [7, 11) is 0. The Morgan fingerprint density at radius 2 is 2.31 bits per heavy atom. The van der Waals surface area contributed by atoms with Crippen molar-refractivity contribution in [2.75, 3.05) is 5.32 Å². The number of carbonyl (C=O) groups is 1. The van der Waals surface area contributed by atoms with Crippen LogP contribution >= 0.6 is 11.6 Å². The Morgan fingerprint density at radius 1 is 1.54 bits per heavy atom. The van der Waals surface area contributed by atoms with E-state index in [2.05, 4.69) is 27.4 Å². The molecule has 0 atom stereocenters. The van der Waals surface area contributed by atoms with E-state index in [1.807, 2.05) is 0 Å². The van der Waals surface area contributed by atoms with Crippen LogP contribution < -0.4 is 5.32 Å². The Balaban J connectivity index is 2.68. The van der Waals surface area contributed by atoms with Gasteiger partial charge in [-0.05, 0) is 25.0 Å². The molecule has 0 saturated heterocycles. The SMILES string of the molecule is CC#CC(=O)Nc1ccc(Cl)nn1. The van der Waals surface area contributed by atoms with E-state index in [-0.39, 0.29) is 5.15 Å². The number of hydrogen-bond acceptors (Lipinski definition) is 3. The number of carbonyl (C=O) groups excluding carboxylic acids is 1. The lowest BCUT2D eigenvalue weighted by Gasteiger charge is -1.96. The molecule has 66 valence electrons. The van der Waals surface area contributed by atoms with Crippen LogP contribution in [0.25, 0.3) is 0 Å². The zero-order valence-corrected chi connectivity index (χ0v) is 7.59. The third kappa shape index (κ3) is 3.09. The van der Waals surface area contributed by atoms with Crippen molar-refractivity contribution in [2.45, 2.75) is 6.92 Å². The summed E-state index contributed by atoms with van der Waals surface area (Å²) in [6.07, 6.45) is 0. The van der Waals surface area contributed by atoms with Gasteiger partial charge in [-0.2, -0.15) is 0 Å². The van der Waals surface area contributed by atoms with Crippen LogP contribution in [0.3, 0.4) is 0 Å². The molecule has 1 N–H and O–H groups in total. The lowest BCUT2D eigenvalue weighted by molar-refractivity contribution is -0.111. The molecule has 4 nitrogen and oxygen atoms in total. The first-order valence-corrected chi connectivity index (χ1v) is 3.83. The quantitative estimate of drug-likeness (QED) is 0.683. The van der Waals surface area contributed by atoms with Crippen molar-refractivity contribution < 1.29 is 4.79 Å². The largest absolute Gasteiger partial charge is 0.301 e. The number of amides is 1. The topological polar surface area (TPSA) is 54.9 Å². The predicted molar refractivity (Wildman–Crippen MR) is 49.1 cm³/mol. The molecule has 1 aromatic heterocycles. The van der Waals surface area contributed by atoms with Crippen LogP contribution in [0.5, 0.6) is 0 Å². The molecular weight excluding hydrogens is 190 g/mol. The molecule has 1 amide bonds. The lowest BCUT2D eigenvalue weighted by atomic mass is 10.5. The number of nitrogens with one attached hydrogen (secondary N) is 1. The molecule has 0 aliphatic heterocycles. The van der Waals surface area contributed by atoms with Crippen molar-refractivity contribution in [2.24, 2.45) is 0 Å². The van der Waals surface area contributed by atoms with Crippen LogP contribution in [-0.2, 0) is 4.79 Å². The van der Waals surface area contributed by atoms with Crippen LogP contribution in [0.4, 0.5) is 5.82 Å². The second kappa shape index (κ2) is 4.43. The van der Waals surface area contributed by atoms with E-state index in [1.165, 1.54) is 6.07 Å². The fourth-order valence-electron chi connectivity index (χ4n) is 0.644. The number of hydrogen-bond donors (Lipinski definition) is 1. The van der Waals surface area contributed by atoms with Crippen LogP contribution in [-0.4, -0.2) is 16.1 Å². The smallest absolute Gasteiger partial charge is 0.298 e. The highest BCUT2D eigenvalue weighted by atomic mass is 35.5. The molecule has 0 aliphatic carbocycles. The molecule has 0 fully saturated rings. The highest BCUT2D eigenvalue weighted by Gasteiger charge is 1.98. The van der Waals surface area contributed by atoms with Crippen molar-refractivity contribution in [1.29, 1.82) is 0 Å². The molecule has 0 spiro atoms. The zero-order chi connectivity index (χ0) is 9.68.